The third-order valence-corrected chi connectivity index (χ3v) is 1.79. The zero-order valence-corrected chi connectivity index (χ0v) is 7.25. The van der Waals surface area contributed by atoms with E-state index in [4.69, 9.17) is 16.7 Å². The molecule has 0 spiro atoms. The Morgan fingerprint density at radius 3 is 2.85 bits per heavy atom. The van der Waals surface area contributed by atoms with Gasteiger partial charge in [-0.2, -0.15) is 0 Å². The minimum atomic E-state index is -1.10. The molecule has 0 saturated carbocycles. The number of halogens is 2. The van der Waals surface area contributed by atoms with Crippen LogP contribution in [0.2, 0.25) is 5.02 Å². The van der Waals surface area contributed by atoms with Gasteiger partial charge in [-0.25, -0.2) is 9.18 Å². The minimum absolute atomic E-state index is 0.0694. The first-order chi connectivity index (χ1) is 6.11. The van der Waals surface area contributed by atoms with E-state index in [-0.39, 0.29) is 5.02 Å². The largest absolute Gasteiger partial charge is 0.478 e. The summed E-state index contributed by atoms with van der Waals surface area (Å²) in [5.74, 6) is -1.66. The first-order valence-electron chi connectivity index (χ1n) is 3.46. The average molecular weight is 201 g/mol. The zero-order chi connectivity index (χ0) is 9.84. The monoisotopic (exact) mass is 200 g/mol. The van der Waals surface area contributed by atoms with Gasteiger partial charge in [0.2, 0.25) is 0 Å². The molecule has 68 valence electrons. The number of benzene rings is 1. The Morgan fingerprint density at radius 1 is 1.54 bits per heavy atom. The molecule has 0 unspecified atom stereocenters. The van der Waals surface area contributed by atoms with E-state index in [1.165, 1.54) is 24.3 Å². The number of hydrogen-bond acceptors (Lipinski definition) is 1. The van der Waals surface area contributed by atoms with Crippen LogP contribution >= 0.6 is 11.6 Å². The van der Waals surface area contributed by atoms with Crippen LogP contribution in [0, 0.1) is 5.82 Å². The van der Waals surface area contributed by atoms with E-state index in [1.807, 2.05) is 0 Å². The fourth-order valence-electron chi connectivity index (χ4n) is 0.810. The Hall–Kier alpha value is -1.35. The maximum atomic E-state index is 12.8. The molecule has 0 aliphatic heterocycles. The van der Waals surface area contributed by atoms with Crippen molar-refractivity contribution in [3.63, 3.8) is 0 Å². The highest BCUT2D eigenvalue weighted by atomic mass is 35.5. The van der Waals surface area contributed by atoms with Crippen molar-refractivity contribution >= 4 is 23.6 Å². The average Bonchev–Trinajstić information content (AvgIpc) is 2.07. The molecule has 0 saturated heterocycles. The molecule has 2 nitrogen and oxygen atoms in total. The maximum absolute atomic E-state index is 12.8. The predicted octanol–water partition coefficient (Wildman–Crippen LogP) is 2.58. The lowest BCUT2D eigenvalue weighted by Gasteiger charge is -1.97. The van der Waals surface area contributed by atoms with Gasteiger partial charge in [0.1, 0.15) is 5.82 Å². The number of carbonyl (C=O) groups is 1. The molecular formula is C9H6ClFO2. The quantitative estimate of drug-likeness (QED) is 0.745. The van der Waals surface area contributed by atoms with Crippen LogP contribution < -0.4 is 0 Å². The third kappa shape index (κ3) is 2.56. The van der Waals surface area contributed by atoms with Crippen LogP contribution in [-0.2, 0) is 4.79 Å². The minimum Gasteiger partial charge on any atom is -0.478 e. The van der Waals surface area contributed by atoms with Crippen molar-refractivity contribution in [1.82, 2.24) is 0 Å². The standard InChI is InChI=1S/C9H6ClFO2/c10-9-6(4-5-8(12)13)2-1-3-7(9)11/h1-5H,(H,12,13). The van der Waals surface area contributed by atoms with Gasteiger partial charge in [-0.15, -0.1) is 0 Å². The van der Waals surface area contributed by atoms with Crippen molar-refractivity contribution in [2.24, 2.45) is 0 Å². The van der Waals surface area contributed by atoms with Gasteiger partial charge in [-0.1, -0.05) is 23.7 Å². The Kier molecular flexibility index (Phi) is 3.03. The van der Waals surface area contributed by atoms with Gasteiger partial charge in [-0.3, -0.25) is 0 Å². The summed E-state index contributed by atoms with van der Waals surface area (Å²) in [5, 5.41) is 8.24. The lowest BCUT2D eigenvalue weighted by molar-refractivity contribution is -0.131. The smallest absolute Gasteiger partial charge is 0.328 e. The highest BCUT2D eigenvalue weighted by Crippen LogP contribution is 2.20. The number of carboxylic acids is 1. The second-order valence-corrected chi connectivity index (χ2v) is 2.69. The first kappa shape index (κ1) is 9.74. The van der Waals surface area contributed by atoms with Crippen molar-refractivity contribution in [2.75, 3.05) is 0 Å². The van der Waals surface area contributed by atoms with E-state index in [1.54, 1.807) is 0 Å². The normalized spacial score (nSPS) is 10.6. The highest BCUT2D eigenvalue weighted by Gasteiger charge is 2.02. The van der Waals surface area contributed by atoms with Crippen LogP contribution in [0.25, 0.3) is 6.08 Å². The molecule has 0 aliphatic rings. The van der Waals surface area contributed by atoms with E-state index in [0.717, 1.165) is 6.08 Å². The Balaban J connectivity index is 3.02. The fraction of sp³-hybridized carbons (Fsp3) is 0. The number of rotatable bonds is 2. The summed E-state index contributed by atoms with van der Waals surface area (Å²) in [5.41, 5.74) is 0.351. The van der Waals surface area contributed by atoms with Crippen LogP contribution in [0.4, 0.5) is 4.39 Å². The van der Waals surface area contributed by atoms with Gasteiger partial charge in [0.15, 0.2) is 0 Å². The number of hydrogen-bond donors (Lipinski definition) is 1. The Labute approximate surface area is 79.3 Å². The van der Waals surface area contributed by atoms with Crippen molar-refractivity contribution in [3.05, 3.63) is 40.7 Å². The number of aliphatic carboxylic acids is 1. The highest BCUT2D eigenvalue weighted by molar-refractivity contribution is 6.32. The molecule has 0 fully saturated rings. The predicted molar refractivity (Wildman–Crippen MR) is 48.1 cm³/mol. The molecule has 1 rings (SSSR count). The van der Waals surface area contributed by atoms with Crippen LogP contribution in [0.5, 0.6) is 0 Å². The summed E-state index contributed by atoms with van der Waals surface area (Å²) in [6.45, 7) is 0. The topological polar surface area (TPSA) is 37.3 Å². The van der Waals surface area contributed by atoms with Crippen LogP contribution in [0.1, 0.15) is 5.56 Å². The molecule has 1 N–H and O–H groups in total. The lowest BCUT2D eigenvalue weighted by atomic mass is 10.2. The molecule has 0 aromatic heterocycles. The molecule has 4 heteroatoms. The van der Waals surface area contributed by atoms with E-state index < -0.39 is 11.8 Å². The van der Waals surface area contributed by atoms with Crippen molar-refractivity contribution in [1.29, 1.82) is 0 Å². The van der Waals surface area contributed by atoms with Crippen molar-refractivity contribution in [2.45, 2.75) is 0 Å². The summed E-state index contributed by atoms with van der Waals surface area (Å²) in [6, 6.07) is 4.20. The van der Waals surface area contributed by atoms with E-state index in [9.17, 15) is 9.18 Å². The fourth-order valence-corrected chi connectivity index (χ4v) is 0.999. The molecular weight excluding hydrogens is 195 g/mol. The molecule has 13 heavy (non-hydrogen) atoms. The summed E-state index contributed by atoms with van der Waals surface area (Å²) in [7, 11) is 0. The molecule has 0 aliphatic carbocycles. The Morgan fingerprint density at radius 2 is 2.23 bits per heavy atom. The molecule has 1 aromatic rings. The van der Waals surface area contributed by atoms with E-state index in [0.29, 0.717) is 5.56 Å². The lowest BCUT2D eigenvalue weighted by Crippen LogP contribution is -1.87. The first-order valence-corrected chi connectivity index (χ1v) is 3.84. The van der Waals surface area contributed by atoms with Crippen LogP contribution in [-0.4, -0.2) is 11.1 Å². The summed E-state index contributed by atoms with van der Waals surface area (Å²) in [4.78, 5) is 10.1. The van der Waals surface area contributed by atoms with Gasteiger partial charge < -0.3 is 5.11 Å². The van der Waals surface area contributed by atoms with Gasteiger partial charge >= 0.3 is 5.97 Å². The van der Waals surface area contributed by atoms with Crippen molar-refractivity contribution in [3.8, 4) is 0 Å². The maximum Gasteiger partial charge on any atom is 0.328 e. The molecule has 0 bridgehead atoms. The van der Waals surface area contributed by atoms with Gasteiger partial charge in [0, 0.05) is 6.08 Å². The molecule has 0 atom stereocenters. The summed E-state index contributed by atoms with van der Waals surface area (Å²) in [6.07, 6.45) is 2.15. The second kappa shape index (κ2) is 4.05. The molecule has 0 amide bonds. The Bertz CT molecular complexity index is 361. The third-order valence-electron chi connectivity index (χ3n) is 1.39. The van der Waals surface area contributed by atoms with Gasteiger partial charge in [0.25, 0.3) is 0 Å². The van der Waals surface area contributed by atoms with Crippen molar-refractivity contribution < 1.29 is 14.3 Å². The summed E-state index contributed by atoms with van der Waals surface area (Å²) < 4.78 is 12.8. The molecule has 0 radical (unpaired) electrons. The molecule has 1 aromatic carbocycles. The van der Waals surface area contributed by atoms with Gasteiger partial charge in [-0.05, 0) is 17.7 Å². The van der Waals surface area contributed by atoms with E-state index in [2.05, 4.69) is 0 Å². The van der Waals surface area contributed by atoms with E-state index >= 15 is 0 Å². The molecule has 0 heterocycles. The SMILES string of the molecule is O=C(O)C=Cc1cccc(F)c1Cl. The second-order valence-electron chi connectivity index (χ2n) is 2.31. The zero-order valence-electron chi connectivity index (χ0n) is 6.50. The van der Waals surface area contributed by atoms with Crippen LogP contribution in [0.3, 0.4) is 0 Å². The summed E-state index contributed by atoms with van der Waals surface area (Å²) >= 11 is 5.56. The van der Waals surface area contributed by atoms with Crippen LogP contribution in [0.15, 0.2) is 24.3 Å². The number of carboxylic acid groups (broad SMARTS) is 1. The van der Waals surface area contributed by atoms with Gasteiger partial charge in [0.05, 0.1) is 5.02 Å².